The maximum absolute atomic E-state index is 14.4. The summed E-state index contributed by atoms with van der Waals surface area (Å²) in [5.41, 5.74) is 1.10. The standard InChI is InChI=1S/C29H39F2N7O/c30-23-9-6-10-24(31)26(23)35-29-34-25-19-32-28(36-27(25)38(29)21-7-2-3-8-21)33-20-11-13-22(14-12-20)39-18-17-37-15-4-1-5-16-37/h6,9-10,19-22H,1-5,7-8,11-18H2,(H,34,35)(H,32,33,36)/t20-,22-. The van der Waals surface area contributed by atoms with Gasteiger partial charge in [0.1, 0.15) is 22.8 Å². The molecule has 0 amide bonds. The number of likely N-dealkylation sites (tertiary alicyclic amines) is 1. The molecule has 0 atom stereocenters. The maximum atomic E-state index is 14.4. The second kappa shape index (κ2) is 12.1. The van der Waals surface area contributed by atoms with Crippen LogP contribution in [0, 0.1) is 11.6 Å². The van der Waals surface area contributed by atoms with E-state index in [-0.39, 0.29) is 17.8 Å². The molecule has 3 aromatic rings. The van der Waals surface area contributed by atoms with Gasteiger partial charge in [0.15, 0.2) is 5.65 Å². The van der Waals surface area contributed by atoms with E-state index in [0.717, 1.165) is 64.5 Å². The number of rotatable bonds is 9. The third kappa shape index (κ3) is 6.17. The van der Waals surface area contributed by atoms with E-state index in [2.05, 4.69) is 25.5 Å². The molecule has 0 spiro atoms. The highest BCUT2D eigenvalue weighted by Gasteiger charge is 2.27. The minimum absolute atomic E-state index is 0.174. The van der Waals surface area contributed by atoms with Crippen LogP contribution in [0.1, 0.15) is 76.7 Å². The lowest BCUT2D eigenvalue weighted by Crippen LogP contribution is -2.35. The molecule has 210 valence electrons. The van der Waals surface area contributed by atoms with Gasteiger partial charge in [-0.05, 0) is 76.6 Å². The van der Waals surface area contributed by atoms with Crippen molar-refractivity contribution in [3.05, 3.63) is 36.0 Å². The first-order valence-electron chi connectivity index (χ1n) is 14.7. The third-order valence-corrected chi connectivity index (χ3v) is 8.54. The van der Waals surface area contributed by atoms with Crippen LogP contribution in [0.3, 0.4) is 0 Å². The number of nitrogens with one attached hydrogen (secondary N) is 2. The van der Waals surface area contributed by atoms with Gasteiger partial charge in [0, 0.05) is 18.6 Å². The summed E-state index contributed by atoms with van der Waals surface area (Å²) in [6, 6.07) is 4.30. The summed E-state index contributed by atoms with van der Waals surface area (Å²) in [4.78, 5) is 16.6. The molecular formula is C29H39F2N7O. The largest absolute Gasteiger partial charge is 0.377 e. The van der Waals surface area contributed by atoms with Crippen molar-refractivity contribution >= 4 is 28.7 Å². The topological polar surface area (TPSA) is 80.1 Å². The molecule has 3 heterocycles. The van der Waals surface area contributed by atoms with Crippen molar-refractivity contribution in [2.75, 3.05) is 36.9 Å². The van der Waals surface area contributed by atoms with Crippen LogP contribution in [-0.2, 0) is 4.74 Å². The Kier molecular flexibility index (Phi) is 8.20. The molecule has 8 nitrogen and oxygen atoms in total. The number of hydrogen-bond acceptors (Lipinski definition) is 7. The van der Waals surface area contributed by atoms with Gasteiger partial charge in [0.2, 0.25) is 11.9 Å². The highest BCUT2D eigenvalue weighted by atomic mass is 19.1. The second-order valence-electron chi connectivity index (χ2n) is 11.3. The highest BCUT2D eigenvalue weighted by molar-refractivity contribution is 5.76. The van der Waals surface area contributed by atoms with Crippen LogP contribution in [0.4, 0.5) is 26.4 Å². The zero-order valence-corrected chi connectivity index (χ0v) is 22.5. The van der Waals surface area contributed by atoms with Crippen LogP contribution in [0.2, 0.25) is 0 Å². The van der Waals surface area contributed by atoms with Crippen LogP contribution >= 0.6 is 0 Å². The van der Waals surface area contributed by atoms with Crippen molar-refractivity contribution in [1.82, 2.24) is 24.4 Å². The van der Waals surface area contributed by atoms with E-state index >= 15 is 0 Å². The molecule has 2 aliphatic carbocycles. The molecule has 0 unspecified atom stereocenters. The number of halogens is 2. The van der Waals surface area contributed by atoms with Gasteiger partial charge < -0.3 is 20.3 Å². The van der Waals surface area contributed by atoms with Crippen molar-refractivity contribution in [2.45, 2.75) is 88.8 Å². The molecule has 1 aliphatic heterocycles. The monoisotopic (exact) mass is 539 g/mol. The van der Waals surface area contributed by atoms with Crippen molar-refractivity contribution in [3.63, 3.8) is 0 Å². The number of ether oxygens (including phenoxy) is 1. The van der Waals surface area contributed by atoms with E-state index < -0.39 is 11.6 Å². The zero-order valence-electron chi connectivity index (χ0n) is 22.5. The van der Waals surface area contributed by atoms with Gasteiger partial charge in [-0.3, -0.25) is 4.57 Å². The number of anilines is 3. The molecule has 2 aromatic heterocycles. The van der Waals surface area contributed by atoms with Gasteiger partial charge in [0.05, 0.1) is 18.9 Å². The molecule has 2 saturated carbocycles. The van der Waals surface area contributed by atoms with Crippen molar-refractivity contribution in [3.8, 4) is 0 Å². The normalized spacial score (nSPS) is 22.9. The smallest absolute Gasteiger partial charge is 0.224 e. The molecule has 1 saturated heterocycles. The van der Waals surface area contributed by atoms with E-state index in [1.165, 1.54) is 50.6 Å². The number of fused-ring (bicyclic) bond motifs is 1. The number of hydrogen-bond donors (Lipinski definition) is 2. The molecule has 39 heavy (non-hydrogen) atoms. The van der Waals surface area contributed by atoms with Crippen molar-refractivity contribution in [1.29, 1.82) is 0 Å². The van der Waals surface area contributed by atoms with E-state index in [0.29, 0.717) is 29.2 Å². The zero-order chi connectivity index (χ0) is 26.6. The lowest BCUT2D eigenvalue weighted by molar-refractivity contribution is 0.0123. The Balaban J connectivity index is 1.11. The van der Waals surface area contributed by atoms with E-state index in [1.807, 2.05) is 4.57 Å². The predicted molar refractivity (Wildman–Crippen MR) is 148 cm³/mol. The molecule has 2 N–H and O–H groups in total. The quantitative estimate of drug-likeness (QED) is 0.336. The summed E-state index contributed by atoms with van der Waals surface area (Å²) in [6.07, 6.45) is 14.3. The van der Waals surface area contributed by atoms with Crippen LogP contribution < -0.4 is 10.6 Å². The Morgan fingerprint density at radius 2 is 1.64 bits per heavy atom. The molecule has 3 aliphatic rings. The molecule has 6 rings (SSSR count). The van der Waals surface area contributed by atoms with Crippen molar-refractivity contribution < 1.29 is 13.5 Å². The van der Waals surface area contributed by atoms with Crippen LogP contribution in [0.5, 0.6) is 0 Å². The Bertz CT molecular complexity index is 1230. The van der Waals surface area contributed by atoms with Gasteiger partial charge in [-0.2, -0.15) is 4.98 Å². The lowest BCUT2D eigenvalue weighted by Gasteiger charge is -2.31. The molecule has 0 radical (unpaired) electrons. The van der Waals surface area contributed by atoms with E-state index in [9.17, 15) is 8.78 Å². The number of imidazole rings is 1. The first kappa shape index (κ1) is 26.4. The summed E-state index contributed by atoms with van der Waals surface area (Å²) >= 11 is 0. The van der Waals surface area contributed by atoms with E-state index in [1.54, 1.807) is 6.20 Å². The Morgan fingerprint density at radius 1 is 0.897 bits per heavy atom. The molecule has 3 fully saturated rings. The fourth-order valence-corrected chi connectivity index (χ4v) is 6.37. The average molecular weight is 540 g/mol. The minimum atomic E-state index is -0.653. The summed E-state index contributed by atoms with van der Waals surface area (Å²) in [5.74, 6) is -0.339. The first-order chi connectivity index (χ1) is 19.1. The number of aromatic nitrogens is 4. The summed E-state index contributed by atoms with van der Waals surface area (Å²) < 4.78 is 37.1. The van der Waals surface area contributed by atoms with Gasteiger partial charge in [-0.15, -0.1) is 0 Å². The predicted octanol–water partition coefficient (Wildman–Crippen LogP) is 6.19. The third-order valence-electron chi connectivity index (χ3n) is 8.54. The number of piperidine rings is 1. The average Bonchev–Trinajstić information content (AvgIpc) is 3.60. The Labute approximate surface area is 228 Å². The molecule has 1 aromatic carbocycles. The minimum Gasteiger partial charge on any atom is -0.377 e. The number of nitrogens with zero attached hydrogens (tertiary/aromatic N) is 5. The summed E-state index contributed by atoms with van der Waals surface area (Å²) in [6.45, 7) is 4.28. The van der Waals surface area contributed by atoms with Crippen molar-refractivity contribution in [2.24, 2.45) is 0 Å². The van der Waals surface area contributed by atoms with Crippen LogP contribution in [0.15, 0.2) is 24.4 Å². The van der Waals surface area contributed by atoms with Gasteiger partial charge in [0.25, 0.3) is 0 Å². The molecular weight excluding hydrogens is 500 g/mol. The lowest BCUT2D eigenvalue weighted by atomic mass is 9.93. The molecule has 0 bridgehead atoms. The molecule has 10 heteroatoms. The van der Waals surface area contributed by atoms with Gasteiger partial charge in [-0.25, -0.2) is 18.7 Å². The fourth-order valence-electron chi connectivity index (χ4n) is 6.37. The Hall–Kier alpha value is -2.85. The second-order valence-corrected chi connectivity index (χ2v) is 11.3. The highest BCUT2D eigenvalue weighted by Crippen LogP contribution is 2.36. The first-order valence-corrected chi connectivity index (χ1v) is 14.7. The van der Waals surface area contributed by atoms with Crippen LogP contribution in [0.25, 0.3) is 11.2 Å². The van der Waals surface area contributed by atoms with Gasteiger partial charge >= 0.3 is 0 Å². The van der Waals surface area contributed by atoms with Crippen LogP contribution in [-0.4, -0.2) is 62.8 Å². The maximum Gasteiger partial charge on any atom is 0.224 e. The fraction of sp³-hybridized carbons (Fsp3) is 0.621. The number of benzene rings is 1. The number of para-hydroxylation sites is 1. The summed E-state index contributed by atoms with van der Waals surface area (Å²) in [5, 5.41) is 6.44. The summed E-state index contributed by atoms with van der Waals surface area (Å²) in [7, 11) is 0. The van der Waals surface area contributed by atoms with Gasteiger partial charge in [-0.1, -0.05) is 25.3 Å². The van der Waals surface area contributed by atoms with E-state index in [4.69, 9.17) is 9.72 Å². The Morgan fingerprint density at radius 3 is 2.38 bits per heavy atom. The SMILES string of the molecule is Fc1cccc(F)c1Nc1nc2cnc(N[C@H]3CC[C@H](OCCN4CCCCC4)CC3)nc2n1C1CCCC1.